The number of hydrogen-bond acceptors (Lipinski definition) is 3. The number of rotatable bonds is 1. The SMILES string of the molecule is Cn1ncc(C(=O)N2CCCCO2)c1I. The van der Waals surface area contributed by atoms with E-state index in [1.54, 1.807) is 10.9 Å². The highest BCUT2D eigenvalue weighted by Gasteiger charge is 2.23. The molecule has 1 saturated heterocycles. The molecule has 6 heteroatoms. The molecule has 0 unspecified atom stereocenters. The molecule has 0 bridgehead atoms. The van der Waals surface area contributed by atoms with Crippen LogP contribution in [0.5, 0.6) is 0 Å². The highest BCUT2D eigenvalue weighted by Crippen LogP contribution is 2.16. The van der Waals surface area contributed by atoms with Crippen LogP contribution in [-0.2, 0) is 11.9 Å². The van der Waals surface area contributed by atoms with Gasteiger partial charge in [-0.1, -0.05) is 0 Å². The van der Waals surface area contributed by atoms with Gasteiger partial charge in [-0.3, -0.25) is 14.3 Å². The molecule has 0 aromatic carbocycles. The van der Waals surface area contributed by atoms with E-state index in [0.29, 0.717) is 18.7 Å². The largest absolute Gasteiger partial charge is 0.281 e. The molecule has 2 rings (SSSR count). The lowest BCUT2D eigenvalue weighted by Crippen LogP contribution is -2.36. The molecule has 1 aliphatic rings. The average Bonchev–Trinajstić information content (AvgIpc) is 2.60. The van der Waals surface area contributed by atoms with Crippen molar-refractivity contribution in [2.24, 2.45) is 7.05 Å². The van der Waals surface area contributed by atoms with Crippen LogP contribution in [0.25, 0.3) is 0 Å². The van der Waals surface area contributed by atoms with Gasteiger partial charge in [-0.2, -0.15) is 5.10 Å². The van der Waals surface area contributed by atoms with Gasteiger partial charge in [0.15, 0.2) is 0 Å². The van der Waals surface area contributed by atoms with E-state index in [2.05, 4.69) is 27.7 Å². The van der Waals surface area contributed by atoms with Crippen molar-refractivity contribution >= 4 is 28.5 Å². The summed E-state index contributed by atoms with van der Waals surface area (Å²) in [7, 11) is 1.82. The highest BCUT2D eigenvalue weighted by atomic mass is 127. The van der Waals surface area contributed by atoms with Crippen molar-refractivity contribution in [3.8, 4) is 0 Å². The Bertz CT molecular complexity index is 371. The number of aromatic nitrogens is 2. The van der Waals surface area contributed by atoms with Gasteiger partial charge in [-0.05, 0) is 35.4 Å². The van der Waals surface area contributed by atoms with Crippen LogP contribution in [0.3, 0.4) is 0 Å². The van der Waals surface area contributed by atoms with Gasteiger partial charge in [-0.15, -0.1) is 0 Å². The summed E-state index contributed by atoms with van der Waals surface area (Å²) in [6, 6.07) is 0. The van der Waals surface area contributed by atoms with Crippen LogP contribution < -0.4 is 0 Å². The zero-order valence-electron chi connectivity index (χ0n) is 8.44. The van der Waals surface area contributed by atoms with E-state index < -0.39 is 0 Å². The fourth-order valence-corrected chi connectivity index (χ4v) is 1.95. The molecular formula is C9H12IN3O2. The molecule has 0 saturated carbocycles. The Balaban J connectivity index is 2.16. The fraction of sp³-hybridized carbons (Fsp3) is 0.556. The van der Waals surface area contributed by atoms with Gasteiger partial charge >= 0.3 is 0 Å². The molecule has 1 aromatic heterocycles. The monoisotopic (exact) mass is 321 g/mol. The van der Waals surface area contributed by atoms with E-state index in [0.717, 1.165) is 16.5 Å². The van der Waals surface area contributed by atoms with Crippen molar-refractivity contribution in [2.75, 3.05) is 13.2 Å². The second-order valence-corrected chi connectivity index (χ2v) is 4.44. The van der Waals surface area contributed by atoms with Crippen LogP contribution in [0.1, 0.15) is 23.2 Å². The van der Waals surface area contributed by atoms with E-state index in [4.69, 9.17) is 4.84 Å². The maximum absolute atomic E-state index is 12.0. The Labute approximate surface area is 101 Å². The Morgan fingerprint density at radius 2 is 2.40 bits per heavy atom. The van der Waals surface area contributed by atoms with E-state index >= 15 is 0 Å². The minimum absolute atomic E-state index is 0.0906. The van der Waals surface area contributed by atoms with E-state index in [-0.39, 0.29) is 5.91 Å². The van der Waals surface area contributed by atoms with Crippen LogP contribution in [0.15, 0.2) is 6.20 Å². The molecule has 0 aliphatic carbocycles. The molecule has 1 amide bonds. The third kappa shape index (κ3) is 2.15. The molecule has 1 aliphatic heterocycles. The number of halogens is 1. The van der Waals surface area contributed by atoms with E-state index in [1.807, 2.05) is 7.05 Å². The lowest BCUT2D eigenvalue weighted by Gasteiger charge is -2.25. The highest BCUT2D eigenvalue weighted by molar-refractivity contribution is 14.1. The van der Waals surface area contributed by atoms with Crippen LogP contribution >= 0.6 is 22.6 Å². The molecule has 1 fully saturated rings. The topological polar surface area (TPSA) is 47.4 Å². The number of carbonyl (C=O) groups is 1. The van der Waals surface area contributed by atoms with Crippen molar-refractivity contribution in [2.45, 2.75) is 12.8 Å². The van der Waals surface area contributed by atoms with Gasteiger partial charge in [0.25, 0.3) is 5.91 Å². The molecule has 0 radical (unpaired) electrons. The number of hydrogen-bond donors (Lipinski definition) is 0. The second-order valence-electron chi connectivity index (χ2n) is 3.42. The summed E-state index contributed by atoms with van der Waals surface area (Å²) in [5.74, 6) is -0.0906. The predicted octanol–water partition coefficient (Wildman–Crippen LogP) is 1.19. The molecule has 0 spiro atoms. The van der Waals surface area contributed by atoms with Gasteiger partial charge < -0.3 is 0 Å². The second kappa shape index (κ2) is 4.48. The quantitative estimate of drug-likeness (QED) is 0.730. The Kier molecular flexibility index (Phi) is 3.25. The van der Waals surface area contributed by atoms with Gasteiger partial charge in [0.05, 0.1) is 18.4 Å². The van der Waals surface area contributed by atoms with Crippen LogP contribution in [0.4, 0.5) is 0 Å². The first-order valence-corrected chi connectivity index (χ1v) is 5.90. The third-order valence-corrected chi connectivity index (χ3v) is 3.61. The number of nitrogens with zero attached hydrogens (tertiary/aromatic N) is 3. The average molecular weight is 321 g/mol. The number of carbonyl (C=O) groups excluding carboxylic acids is 1. The first-order chi connectivity index (χ1) is 7.20. The number of hydroxylamine groups is 2. The van der Waals surface area contributed by atoms with Gasteiger partial charge in [0.2, 0.25) is 0 Å². The maximum Gasteiger partial charge on any atom is 0.281 e. The summed E-state index contributed by atoms with van der Waals surface area (Å²) >= 11 is 2.11. The normalized spacial score (nSPS) is 16.8. The minimum atomic E-state index is -0.0906. The Morgan fingerprint density at radius 3 is 2.93 bits per heavy atom. The number of amides is 1. The van der Waals surface area contributed by atoms with Crippen molar-refractivity contribution in [3.05, 3.63) is 15.5 Å². The summed E-state index contributed by atoms with van der Waals surface area (Å²) in [6.45, 7) is 1.30. The summed E-state index contributed by atoms with van der Waals surface area (Å²) in [4.78, 5) is 17.3. The van der Waals surface area contributed by atoms with Gasteiger partial charge in [0, 0.05) is 13.6 Å². The van der Waals surface area contributed by atoms with E-state index in [9.17, 15) is 4.79 Å². The summed E-state index contributed by atoms with van der Waals surface area (Å²) < 4.78 is 2.52. The minimum Gasteiger partial charge on any atom is -0.271 e. The van der Waals surface area contributed by atoms with Crippen LogP contribution in [0.2, 0.25) is 0 Å². The molecule has 15 heavy (non-hydrogen) atoms. The zero-order valence-corrected chi connectivity index (χ0v) is 10.6. The summed E-state index contributed by atoms with van der Waals surface area (Å²) in [5.41, 5.74) is 0.611. The maximum atomic E-state index is 12.0. The van der Waals surface area contributed by atoms with Crippen LogP contribution in [0, 0.1) is 3.70 Å². The molecule has 1 aromatic rings. The Morgan fingerprint density at radius 1 is 1.60 bits per heavy atom. The predicted molar refractivity (Wildman–Crippen MR) is 62.1 cm³/mol. The molecule has 5 nitrogen and oxygen atoms in total. The van der Waals surface area contributed by atoms with Gasteiger partial charge in [-0.25, -0.2) is 5.06 Å². The lowest BCUT2D eigenvalue weighted by atomic mass is 10.2. The number of aryl methyl sites for hydroxylation is 1. The van der Waals surface area contributed by atoms with Crippen molar-refractivity contribution in [1.29, 1.82) is 0 Å². The Hall–Kier alpha value is -0.630. The molecule has 2 heterocycles. The van der Waals surface area contributed by atoms with Gasteiger partial charge in [0.1, 0.15) is 3.70 Å². The molecule has 0 N–H and O–H groups in total. The molecular weight excluding hydrogens is 309 g/mol. The molecule has 82 valence electrons. The standard InChI is InChI=1S/C9H12IN3O2/c1-12-8(10)7(6-11-12)9(14)13-4-2-3-5-15-13/h6H,2-5H2,1H3. The smallest absolute Gasteiger partial charge is 0.271 e. The fourth-order valence-electron chi connectivity index (χ4n) is 1.46. The van der Waals surface area contributed by atoms with Crippen molar-refractivity contribution < 1.29 is 9.63 Å². The third-order valence-electron chi connectivity index (χ3n) is 2.33. The molecule has 0 atom stereocenters. The first-order valence-electron chi connectivity index (χ1n) is 4.82. The first kappa shape index (κ1) is 10.9. The summed E-state index contributed by atoms with van der Waals surface area (Å²) in [5, 5.41) is 5.47. The van der Waals surface area contributed by atoms with Crippen LogP contribution in [-0.4, -0.2) is 33.9 Å². The van der Waals surface area contributed by atoms with Crippen molar-refractivity contribution in [3.63, 3.8) is 0 Å². The lowest BCUT2D eigenvalue weighted by molar-refractivity contribution is -0.144. The van der Waals surface area contributed by atoms with Crippen molar-refractivity contribution in [1.82, 2.24) is 14.8 Å². The summed E-state index contributed by atoms with van der Waals surface area (Å²) in [6.07, 6.45) is 3.61. The zero-order chi connectivity index (χ0) is 10.8. The van der Waals surface area contributed by atoms with E-state index in [1.165, 1.54) is 5.06 Å².